The predicted octanol–water partition coefficient (Wildman–Crippen LogP) is 0.673. The molecule has 1 aliphatic heterocycles. The molecule has 1 heterocycles. The van der Waals surface area contributed by atoms with Gasteiger partial charge in [-0.2, -0.15) is 4.31 Å². The summed E-state index contributed by atoms with van der Waals surface area (Å²) < 4.78 is 31.1. The van der Waals surface area contributed by atoms with Crippen molar-refractivity contribution in [1.82, 2.24) is 9.62 Å². The van der Waals surface area contributed by atoms with Gasteiger partial charge in [-0.1, -0.05) is 13.8 Å². The molecule has 0 aromatic heterocycles. The summed E-state index contributed by atoms with van der Waals surface area (Å²) in [6.07, 6.45) is 2.19. The van der Waals surface area contributed by atoms with Crippen LogP contribution in [0.25, 0.3) is 0 Å². The van der Waals surface area contributed by atoms with Crippen LogP contribution in [0.1, 0.15) is 26.7 Å². The van der Waals surface area contributed by atoms with Crippen LogP contribution in [-0.2, 0) is 14.8 Å². The molecule has 0 aromatic carbocycles. The first kappa shape index (κ1) is 15.9. The molecule has 0 saturated carbocycles. The van der Waals surface area contributed by atoms with Gasteiger partial charge in [-0.15, -0.1) is 0 Å². The number of nitrogens with zero attached hydrogens (tertiary/aromatic N) is 1. The van der Waals surface area contributed by atoms with E-state index in [1.807, 2.05) is 13.8 Å². The van der Waals surface area contributed by atoms with Gasteiger partial charge in [-0.05, 0) is 25.3 Å². The molecular formula is C12H26N2O3S. The van der Waals surface area contributed by atoms with Crippen LogP contribution in [0.3, 0.4) is 0 Å². The van der Waals surface area contributed by atoms with Crippen molar-refractivity contribution in [2.24, 2.45) is 5.92 Å². The zero-order chi connectivity index (χ0) is 13.6. The van der Waals surface area contributed by atoms with Crippen molar-refractivity contribution in [1.29, 1.82) is 0 Å². The highest BCUT2D eigenvalue weighted by Gasteiger charge is 2.27. The molecular weight excluding hydrogens is 252 g/mol. The third-order valence-electron chi connectivity index (χ3n) is 3.07. The van der Waals surface area contributed by atoms with Gasteiger partial charge in [-0.3, -0.25) is 0 Å². The van der Waals surface area contributed by atoms with E-state index in [2.05, 4.69) is 5.32 Å². The highest BCUT2D eigenvalue weighted by Crippen LogP contribution is 2.12. The van der Waals surface area contributed by atoms with Crippen molar-refractivity contribution in [2.75, 3.05) is 39.1 Å². The number of nitrogens with one attached hydrogen (secondary N) is 1. The van der Waals surface area contributed by atoms with Crippen molar-refractivity contribution < 1.29 is 13.2 Å². The van der Waals surface area contributed by atoms with Gasteiger partial charge in [0.15, 0.2) is 0 Å². The second kappa shape index (κ2) is 7.43. The van der Waals surface area contributed by atoms with Crippen LogP contribution in [0.4, 0.5) is 0 Å². The van der Waals surface area contributed by atoms with Gasteiger partial charge in [-0.25, -0.2) is 8.42 Å². The van der Waals surface area contributed by atoms with Gasteiger partial charge in [0, 0.05) is 26.2 Å². The lowest BCUT2D eigenvalue weighted by Crippen LogP contribution is -2.44. The Hall–Kier alpha value is -0.170. The number of ether oxygens (including phenoxy) is 1. The summed E-state index contributed by atoms with van der Waals surface area (Å²) in [6, 6.07) is 0.295. The first-order valence-corrected chi connectivity index (χ1v) is 8.26. The molecule has 1 atom stereocenters. The second-order valence-corrected chi connectivity index (χ2v) is 7.33. The molecule has 108 valence electrons. The van der Waals surface area contributed by atoms with Gasteiger partial charge in [0.05, 0.1) is 12.4 Å². The Labute approximate surface area is 111 Å². The van der Waals surface area contributed by atoms with Crippen LogP contribution >= 0.6 is 0 Å². The molecule has 0 aromatic rings. The Morgan fingerprint density at radius 3 is 2.67 bits per heavy atom. The summed E-state index contributed by atoms with van der Waals surface area (Å²) >= 11 is 0. The van der Waals surface area contributed by atoms with Crippen molar-refractivity contribution in [3.8, 4) is 0 Å². The number of hydrogen-bond acceptors (Lipinski definition) is 4. The van der Waals surface area contributed by atoms with Crippen LogP contribution in [-0.4, -0.2) is 57.9 Å². The molecule has 1 fully saturated rings. The van der Waals surface area contributed by atoms with E-state index in [1.165, 1.54) is 0 Å². The van der Waals surface area contributed by atoms with Gasteiger partial charge in [0.2, 0.25) is 10.0 Å². The number of methoxy groups -OCH3 is 1. The average molecular weight is 278 g/mol. The Morgan fingerprint density at radius 2 is 2.17 bits per heavy atom. The molecule has 1 rings (SSSR count). The minimum atomic E-state index is -3.17. The Bertz CT molecular complexity index is 324. The first-order chi connectivity index (χ1) is 8.45. The molecule has 6 heteroatoms. The summed E-state index contributed by atoms with van der Waals surface area (Å²) in [5.41, 5.74) is 0. The molecule has 1 aliphatic rings. The van der Waals surface area contributed by atoms with Crippen LogP contribution in [0.2, 0.25) is 0 Å². The maximum absolute atomic E-state index is 12.3. The van der Waals surface area contributed by atoms with E-state index >= 15 is 0 Å². The lowest BCUT2D eigenvalue weighted by molar-refractivity contribution is 0.176. The summed E-state index contributed by atoms with van der Waals surface area (Å²) in [7, 11) is -1.57. The van der Waals surface area contributed by atoms with Gasteiger partial charge >= 0.3 is 0 Å². The van der Waals surface area contributed by atoms with E-state index in [1.54, 1.807) is 11.4 Å². The second-order valence-electron chi connectivity index (χ2n) is 5.32. The predicted molar refractivity (Wildman–Crippen MR) is 73.1 cm³/mol. The minimum absolute atomic E-state index is 0.150. The topological polar surface area (TPSA) is 58.6 Å². The van der Waals surface area contributed by atoms with Gasteiger partial charge in [0.1, 0.15) is 0 Å². The van der Waals surface area contributed by atoms with E-state index in [4.69, 9.17) is 4.74 Å². The smallest absolute Gasteiger partial charge is 0.214 e. The summed E-state index contributed by atoms with van der Waals surface area (Å²) in [5, 5.41) is 3.34. The van der Waals surface area contributed by atoms with Crippen LogP contribution in [0.15, 0.2) is 0 Å². The molecule has 0 radical (unpaired) electrons. The lowest BCUT2D eigenvalue weighted by Gasteiger charge is -2.25. The third kappa shape index (κ3) is 5.22. The summed E-state index contributed by atoms with van der Waals surface area (Å²) in [6.45, 7) is 6.32. The third-order valence-corrected chi connectivity index (χ3v) is 5.27. The molecule has 18 heavy (non-hydrogen) atoms. The van der Waals surface area contributed by atoms with E-state index < -0.39 is 10.0 Å². The lowest BCUT2D eigenvalue weighted by atomic mass is 10.2. The number of rotatable bonds is 8. The minimum Gasteiger partial charge on any atom is -0.383 e. The molecule has 0 aliphatic carbocycles. The average Bonchev–Trinajstić information content (AvgIpc) is 2.74. The van der Waals surface area contributed by atoms with E-state index in [9.17, 15) is 8.42 Å². The Balaban J connectivity index is 2.63. The fourth-order valence-corrected chi connectivity index (χ4v) is 4.04. The number of hydrogen-bond donors (Lipinski definition) is 1. The molecule has 0 amide bonds. The van der Waals surface area contributed by atoms with E-state index in [0.717, 1.165) is 19.4 Å². The molecule has 5 nitrogen and oxygen atoms in total. The maximum atomic E-state index is 12.3. The Morgan fingerprint density at radius 1 is 1.44 bits per heavy atom. The summed E-state index contributed by atoms with van der Waals surface area (Å²) in [4.78, 5) is 0. The molecule has 1 unspecified atom stereocenters. The van der Waals surface area contributed by atoms with Crippen molar-refractivity contribution in [2.45, 2.75) is 32.7 Å². The monoisotopic (exact) mass is 278 g/mol. The zero-order valence-corrected chi connectivity index (χ0v) is 12.5. The fraction of sp³-hybridized carbons (Fsp3) is 1.00. The van der Waals surface area contributed by atoms with Crippen LogP contribution in [0.5, 0.6) is 0 Å². The van der Waals surface area contributed by atoms with Crippen molar-refractivity contribution >= 4 is 10.0 Å². The molecule has 0 spiro atoms. The van der Waals surface area contributed by atoms with Crippen molar-refractivity contribution in [3.63, 3.8) is 0 Å². The maximum Gasteiger partial charge on any atom is 0.214 e. The normalized spacial score (nSPS) is 21.1. The van der Waals surface area contributed by atoms with E-state index in [0.29, 0.717) is 25.7 Å². The molecule has 0 bridgehead atoms. The van der Waals surface area contributed by atoms with Gasteiger partial charge in [0.25, 0.3) is 0 Å². The van der Waals surface area contributed by atoms with Gasteiger partial charge < -0.3 is 10.1 Å². The SMILES string of the molecule is COCCN(CC1CCCN1)S(=O)(=O)CC(C)C. The molecule has 1 N–H and O–H groups in total. The van der Waals surface area contributed by atoms with Crippen molar-refractivity contribution in [3.05, 3.63) is 0 Å². The fourth-order valence-electron chi connectivity index (χ4n) is 2.22. The highest BCUT2D eigenvalue weighted by molar-refractivity contribution is 7.89. The quantitative estimate of drug-likeness (QED) is 0.709. The Kier molecular flexibility index (Phi) is 6.55. The summed E-state index contributed by atoms with van der Waals surface area (Å²) in [5.74, 6) is 0.361. The highest BCUT2D eigenvalue weighted by atomic mass is 32.2. The zero-order valence-electron chi connectivity index (χ0n) is 11.7. The van der Waals surface area contributed by atoms with Crippen LogP contribution < -0.4 is 5.32 Å². The molecule has 1 saturated heterocycles. The standard InChI is InChI=1S/C12H26N2O3S/c1-11(2)10-18(15,16)14(7-8-17-3)9-12-5-4-6-13-12/h11-13H,4-10H2,1-3H3. The van der Waals surface area contributed by atoms with E-state index in [-0.39, 0.29) is 11.7 Å². The van der Waals surface area contributed by atoms with Crippen LogP contribution in [0, 0.1) is 5.92 Å². The number of sulfonamides is 1. The largest absolute Gasteiger partial charge is 0.383 e. The first-order valence-electron chi connectivity index (χ1n) is 6.66.